The number of nitrogens with one attached hydrogen (secondary N) is 1. The molecule has 2 rings (SSSR count). The van der Waals surface area contributed by atoms with Gasteiger partial charge in [0.15, 0.2) is 6.61 Å². The Bertz CT molecular complexity index is 849. The van der Waals surface area contributed by atoms with Gasteiger partial charge in [-0.25, -0.2) is 0 Å². The van der Waals surface area contributed by atoms with Crippen molar-refractivity contribution in [1.82, 2.24) is 0 Å². The van der Waals surface area contributed by atoms with E-state index < -0.39 is 29.3 Å². The van der Waals surface area contributed by atoms with Crippen molar-refractivity contribution < 1.29 is 19.2 Å². The summed E-state index contributed by atoms with van der Waals surface area (Å²) < 4.78 is 5.13. The number of nitro benzene ring substituents is 1. The number of nitro groups is 1. The Balaban J connectivity index is 2.06. The predicted molar refractivity (Wildman–Crippen MR) is 102 cm³/mol. The van der Waals surface area contributed by atoms with Crippen LogP contribution >= 0.6 is 0 Å². The first-order valence-electron chi connectivity index (χ1n) is 8.61. The normalized spacial score (nSPS) is 11.5. The minimum Gasteiger partial charge on any atom is -0.455 e. The molecule has 0 saturated carbocycles. The van der Waals surface area contributed by atoms with Gasteiger partial charge in [-0.1, -0.05) is 43.3 Å². The molecule has 27 heavy (non-hydrogen) atoms. The molecule has 0 saturated heterocycles. The van der Waals surface area contributed by atoms with Gasteiger partial charge in [0.1, 0.15) is 5.69 Å². The van der Waals surface area contributed by atoms with Gasteiger partial charge in [0, 0.05) is 6.07 Å². The zero-order valence-electron chi connectivity index (χ0n) is 15.5. The van der Waals surface area contributed by atoms with Gasteiger partial charge < -0.3 is 10.1 Å². The van der Waals surface area contributed by atoms with Gasteiger partial charge in [0.25, 0.3) is 11.6 Å². The Morgan fingerprint density at radius 1 is 1.15 bits per heavy atom. The van der Waals surface area contributed by atoms with Gasteiger partial charge in [-0.05, 0) is 37.0 Å². The minimum absolute atomic E-state index is 0.121. The van der Waals surface area contributed by atoms with Crippen molar-refractivity contribution in [3.8, 4) is 0 Å². The lowest BCUT2D eigenvalue weighted by Crippen LogP contribution is -2.24. The number of benzene rings is 2. The molecule has 1 N–H and O–H groups in total. The van der Waals surface area contributed by atoms with Gasteiger partial charge in [0.05, 0.1) is 10.8 Å². The summed E-state index contributed by atoms with van der Waals surface area (Å²) in [6.07, 6.45) is 0.535. The second kappa shape index (κ2) is 8.93. The van der Waals surface area contributed by atoms with E-state index in [1.165, 1.54) is 6.07 Å². The van der Waals surface area contributed by atoms with E-state index in [4.69, 9.17) is 4.74 Å². The smallest absolute Gasteiger partial charge is 0.313 e. The van der Waals surface area contributed by atoms with Crippen LogP contribution in [0.4, 0.5) is 11.4 Å². The van der Waals surface area contributed by atoms with Crippen LogP contribution in [0, 0.1) is 24.0 Å². The number of carbonyl (C=O) groups is 2. The Kier molecular flexibility index (Phi) is 6.65. The second-order valence-corrected chi connectivity index (χ2v) is 6.19. The summed E-state index contributed by atoms with van der Waals surface area (Å²) >= 11 is 0. The number of aryl methyl sites for hydroxylation is 1. The Labute approximate surface area is 157 Å². The van der Waals surface area contributed by atoms with Crippen molar-refractivity contribution in [3.05, 3.63) is 69.3 Å². The molecule has 0 aliphatic carbocycles. The van der Waals surface area contributed by atoms with Gasteiger partial charge in [-0.3, -0.25) is 19.7 Å². The molecule has 0 heterocycles. The van der Waals surface area contributed by atoms with E-state index in [1.807, 2.05) is 37.3 Å². The second-order valence-electron chi connectivity index (χ2n) is 6.19. The minimum atomic E-state index is -0.622. The molecule has 0 radical (unpaired) electrons. The van der Waals surface area contributed by atoms with E-state index in [0.29, 0.717) is 12.0 Å². The molecular weight excluding hydrogens is 348 g/mol. The van der Waals surface area contributed by atoms with Crippen molar-refractivity contribution in [3.63, 3.8) is 0 Å². The molecule has 2 aromatic carbocycles. The lowest BCUT2D eigenvalue weighted by atomic mass is 9.97. The molecule has 1 amide bonds. The molecule has 0 aliphatic heterocycles. The zero-order chi connectivity index (χ0) is 20.0. The fraction of sp³-hybridized carbons (Fsp3) is 0.300. The molecule has 0 aliphatic rings. The number of esters is 1. The summed E-state index contributed by atoms with van der Waals surface area (Å²) in [5.74, 6) is -1.59. The highest BCUT2D eigenvalue weighted by Gasteiger charge is 2.23. The average Bonchev–Trinajstić information content (AvgIpc) is 2.65. The monoisotopic (exact) mass is 370 g/mol. The van der Waals surface area contributed by atoms with Crippen LogP contribution in [0.15, 0.2) is 42.5 Å². The van der Waals surface area contributed by atoms with Crippen LogP contribution in [0.1, 0.15) is 36.0 Å². The third kappa shape index (κ3) is 4.91. The first-order chi connectivity index (χ1) is 12.8. The van der Waals surface area contributed by atoms with E-state index in [9.17, 15) is 19.7 Å². The topological polar surface area (TPSA) is 98.5 Å². The van der Waals surface area contributed by atoms with Crippen LogP contribution in [0.5, 0.6) is 0 Å². The number of ether oxygens (including phenoxy) is 1. The number of hydrogen-bond acceptors (Lipinski definition) is 5. The maximum Gasteiger partial charge on any atom is 0.313 e. The number of amides is 1. The molecule has 0 fully saturated rings. The molecule has 1 atom stereocenters. The quantitative estimate of drug-likeness (QED) is 0.453. The van der Waals surface area contributed by atoms with Crippen LogP contribution in [0.2, 0.25) is 0 Å². The number of rotatable bonds is 7. The first kappa shape index (κ1) is 20.1. The summed E-state index contributed by atoms with van der Waals surface area (Å²) in [4.78, 5) is 35.1. The van der Waals surface area contributed by atoms with Crippen molar-refractivity contribution >= 4 is 23.3 Å². The molecule has 7 nitrogen and oxygen atoms in total. The van der Waals surface area contributed by atoms with Gasteiger partial charge >= 0.3 is 5.97 Å². The van der Waals surface area contributed by atoms with Crippen LogP contribution in [0.3, 0.4) is 0 Å². The van der Waals surface area contributed by atoms with Gasteiger partial charge in [-0.2, -0.15) is 0 Å². The Morgan fingerprint density at radius 3 is 2.41 bits per heavy atom. The van der Waals surface area contributed by atoms with E-state index in [-0.39, 0.29) is 11.4 Å². The SMILES string of the molecule is CC[C@@H](C(=O)OCC(=O)Nc1c([N+](=O)[O-])ccc(C)c1C)c1ccccc1. The first-order valence-corrected chi connectivity index (χ1v) is 8.61. The summed E-state index contributed by atoms with van der Waals surface area (Å²) in [6.45, 7) is 4.83. The molecule has 0 bridgehead atoms. The highest BCUT2D eigenvalue weighted by molar-refractivity contribution is 5.96. The van der Waals surface area contributed by atoms with E-state index >= 15 is 0 Å². The highest BCUT2D eigenvalue weighted by Crippen LogP contribution is 2.30. The van der Waals surface area contributed by atoms with Crippen LogP contribution in [-0.4, -0.2) is 23.4 Å². The van der Waals surface area contributed by atoms with Crippen molar-refractivity contribution in [1.29, 1.82) is 0 Å². The maximum absolute atomic E-state index is 12.3. The maximum atomic E-state index is 12.3. The van der Waals surface area contributed by atoms with Crippen LogP contribution in [0.25, 0.3) is 0 Å². The van der Waals surface area contributed by atoms with Crippen molar-refractivity contribution in [2.45, 2.75) is 33.1 Å². The summed E-state index contributed by atoms with van der Waals surface area (Å²) in [5.41, 5.74) is 2.14. The molecular formula is C20H22N2O5. The molecule has 142 valence electrons. The third-order valence-electron chi connectivity index (χ3n) is 4.42. The summed E-state index contributed by atoms with van der Waals surface area (Å²) in [7, 11) is 0. The standard InChI is InChI=1S/C20H22N2O5/c1-4-16(15-8-6-5-7-9-15)20(24)27-12-18(23)21-19-14(3)13(2)10-11-17(19)22(25)26/h5-11,16H,4,12H2,1-3H3,(H,21,23)/t16-/m1/s1. The average molecular weight is 370 g/mol. The molecule has 2 aromatic rings. The molecule has 0 aromatic heterocycles. The van der Waals surface area contributed by atoms with Crippen molar-refractivity contribution in [2.24, 2.45) is 0 Å². The highest BCUT2D eigenvalue weighted by atomic mass is 16.6. The van der Waals surface area contributed by atoms with Crippen molar-refractivity contribution in [2.75, 3.05) is 11.9 Å². The predicted octanol–water partition coefficient (Wildman–Crippen LogP) is 3.89. The number of nitrogens with zero attached hydrogens (tertiary/aromatic N) is 1. The van der Waals surface area contributed by atoms with E-state index in [1.54, 1.807) is 19.9 Å². The fourth-order valence-corrected chi connectivity index (χ4v) is 2.75. The number of anilines is 1. The fourth-order valence-electron chi connectivity index (χ4n) is 2.75. The van der Waals surface area contributed by atoms with Gasteiger partial charge in [-0.15, -0.1) is 0 Å². The summed E-state index contributed by atoms with van der Waals surface area (Å²) in [6, 6.07) is 12.1. The number of hydrogen-bond donors (Lipinski definition) is 1. The van der Waals surface area contributed by atoms with Crippen LogP contribution in [-0.2, 0) is 14.3 Å². The Morgan fingerprint density at radius 2 is 1.81 bits per heavy atom. The largest absolute Gasteiger partial charge is 0.455 e. The van der Waals surface area contributed by atoms with Gasteiger partial charge in [0.2, 0.25) is 0 Å². The lowest BCUT2D eigenvalue weighted by molar-refractivity contribution is -0.384. The zero-order valence-corrected chi connectivity index (χ0v) is 15.5. The summed E-state index contributed by atoms with van der Waals surface area (Å²) in [5, 5.41) is 13.7. The van der Waals surface area contributed by atoms with Crippen LogP contribution < -0.4 is 5.32 Å². The number of carbonyl (C=O) groups excluding carboxylic acids is 2. The molecule has 0 unspecified atom stereocenters. The molecule has 7 heteroatoms. The lowest BCUT2D eigenvalue weighted by Gasteiger charge is -2.15. The van der Waals surface area contributed by atoms with E-state index in [0.717, 1.165) is 11.1 Å². The molecule has 0 spiro atoms. The Hall–Kier alpha value is -3.22. The third-order valence-corrected chi connectivity index (χ3v) is 4.42. The van der Waals surface area contributed by atoms with E-state index in [2.05, 4.69) is 5.32 Å².